The van der Waals surface area contributed by atoms with Crippen LogP contribution >= 0.6 is 24.0 Å². The maximum atomic E-state index is 13.5. The van der Waals surface area contributed by atoms with Crippen LogP contribution in [0.4, 0.5) is 19.3 Å². The van der Waals surface area contributed by atoms with Gasteiger partial charge < -0.3 is 20.1 Å². The number of rotatable bonds is 5. The van der Waals surface area contributed by atoms with Gasteiger partial charge in [0.05, 0.1) is 23.9 Å². The highest BCUT2D eigenvalue weighted by Gasteiger charge is 2.27. The number of amides is 2. The molecule has 4 rings (SSSR count). The van der Waals surface area contributed by atoms with Gasteiger partial charge in [-0.05, 0) is 30.3 Å². The topological polar surface area (TPSA) is 89.5 Å². The van der Waals surface area contributed by atoms with Crippen LogP contribution in [-0.2, 0) is 11.3 Å². The molecule has 1 aliphatic heterocycles. The highest BCUT2D eigenvalue weighted by atomic mass is 35.5. The summed E-state index contributed by atoms with van der Waals surface area (Å²) in [6.07, 6.45) is 1.32. The number of halogens is 4. The summed E-state index contributed by atoms with van der Waals surface area (Å²) >= 11 is 5.90. The van der Waals surface area contributed by atoms with Crippen molar-refractivity contribution in [2.45, 2.75) is 19.1 Å². The third-order valence-electron chi connectivity index (χ3n) is 4.92. The molecule has 2 aromatic carbocycles. The van der Waals surface area contributed by atoms with Gasteiger partial charge in [-0.25, -0.2) is 13.6 Å². The summed E-state index contributed by atoms with van der Waals surface area (Å²) in [4.78, 5) is 29.2. The molecule has 178 valence electrons. The number of carbonyl (C=O) groups is 2. The predicted octanol–water partition coefficient (Wildman–Crippen LogP) is 5.44. The lowest BCUT2D eigenvalue weighted by Gasteiger charge is -2.27. The Morgan fingerprint density at radius 2 is 1.97 bits per heavy atom. The lowest BCUT2D eigenvalue weighted by atomic mass is 9.97. The molecule has 0 saturated carbocycles. The SMILES string of the molecule is Cl.O=C(N[C@H]1CCOc2c(C(=O)Nc3ccc(F)c(F)c3)cccc21)OCc1cc(Cl)ccn1. The molecule has 11 heteroatoms. The average Bonchev–Trinajstić information content (AvgIpc) is 2.80. The number of hydrogen-bond acceptors (Lipinski definition) is 5. The van der Waals surface area contributed by atoms with E-state index in [1.165, 1.54) is 12.3 Å². The molecule has 0 fully saturated rings. The Kier molecular flexibility index (Phi) is 8.25. The molecule has 0 unspecified atom stereocenters. The number of nitrogens with one attached hydrogen (secondary N) is 2. The first-order chi connectivity index (χ1) is 15.9. The van der Waals surface area contributed by atoms with Gasteiger partial charge in [-0.1, -0.05) is 23.7 Å². The van der Waals surface area contributed by atoms with Gasteiger partial charge in [0.1, 0.15) is 12.4 Å². The van der Waals surface area contributed by atoms with Crippen LogP contribution in [0.15, 0.2) is 54.7 Å². The molecule has 0 aliphatic carbocycles. The summed E-state index contributed by atoms with van der Waals surface area (Å²) in [6.45, 7) is 0.197. The standard InChI is InChI=1S/C23H18ClF2N3O4.ClH/c24-13-6-8-27-15(10-13)12-33-23(31)29-20-7-9-32-21-16(20)2-1-3-17(21)22(30)28-14-4-5-18(25)19(26)11-14;/h1-6,8,10-11,20H,7,9,12H2,(H,28,30)(H,29,31);1H/t20-;/m0./s1. The van der Waals surface area contributed by atoms with E-state index in [-0.39, 0.29) is 36.9 Å². The minimum Gasteiger partial charge on any atom is -0.492 e. The molecule has 0 spiro atoms. The van der Waals surface area contributed by atoms with E-state index in [2.05, 4.69) is 15.6 Å². The Morgan fingerprint density at radius 3 is 2.74 bits per heavy atom. The van der Waals surface area contributed by atoms with E-state index >= 15 is 0 Å². The van der Waals surface area contributed by atoms with Gasteiger partial charge in [-0.2, -0.15) is 0 Å². The van der Waals surface area contributed by atoms with E-state index in [1.54, 1.807) is 30.3 Å². The summed E-state index contributed by atoms with van der Waals surface area (Å²) in [5.41, 5.74) is 1.39. The highest BCUT2D eigenvalue weighted by molar-refractivity contribution is 6.30. The summed E-state index contributed by atoms with van der Waals surface area (Å²) < 4.78 is 37.5. The number of alkyl carbamates (subject to hydrolysis) is 1. The second kappa shape index (κ2) is 11.1. The number of pyridine rings is 1. The summed E-state index contributed by atoms with van der Waals surface area (Å²) in [6, 6.07) is 10.7. The van der Waals surface area contributed by atoms with Crippen LogP contribution in [0, 0.1) is 11.6 Å². The van der Waals surface area contributed by atoms with E-state index in [4.69, 9.17) is 21.1 Å². The molecule has 0 bridgehead atoms. The molecule has 2 amide bonds. The largest absolute Gasteiger partial charge is 0.492 e. The Balaban J connectivity index is 0.00000324. The van der Waals surface area contributed by atoms with Gasteiger partial charge in [0.15, 0.2) is 11.6 Å². The van der Waals surface area contributed by atoms with Crippen LogP contribution in [0.5, 0.6) is 5.75 Å². The van der Waals surface area contributed by atoms with Crippen molar-refractivity contribution in [3.8, 4) is 5.75 Å². The number of para-hydroxylation sites is 1. The van der Waals surface area contributed by atoms with Crippen LogP contribution in [0.1, 0.15) is 34.1 Å². The van der Waals surface area contributed by atoms with Crippen LogP contribution < -0.4 is 15.4 Å². The minimum absolute atomic E-state index is 0. The van der Waals surface area contributed by atoms with Crippen molar-refractivity contribution in [1.29, 1.82) is 0 Å². The Labute approximate surface area is 204 Å². The number of fused-ring (bicyclic) bond motifs is 1. The molecule has 34 heavy (non-hydrogen) atoms. The van der Waals surface area contributed by atoms with E-state index in [0.29, 0.717) is 28.5 Å². The van der Waals surface area contributed by atoms with Crippen LogP contribution in [0.2, 0.25) is 5.02 Å². The van der Waals surface area contributed by atoms with Gasteiger partial charge in [-0.3, -0.25) is 9.78 Å². The van der Waals surface area contributed by atoms with Crippen LogP contribution in [0.3, 0.4) is 0 Å². The number of nitrogens with zero attached hydrogens (tertiary/aromatic N) is 1. The second-order valence-electron chi connectivity index (χ2n) is 7.18. The molecule has 1 aromatic heterocycles. The molecule has 2 N–H and O–H groups in total. The summed E-state index contributed by atoms with van der Waals surface area (Å²) in [7, 11) is 0. The number of ether oxygens (including phenoxy) is 2. The van der Waals surface area contributed by atoms with Gasteiger partial charge in [0.2, 0.25) is 0 Å². The first-order valence-corrected chi connectivity index (χ1v) is 10.3. The van der Waals surface area contributed by atoms with E-state index in [1.807, 2.05) is 0 Å². The number of anilines is 1. The number of carbonyl (C=O) groups excluding carboxylic acids is 2. The van der Waals surface area contributed by atoms with Crippen molar-refractivity contribution in [3.63, 3.8) is 0 Å². The third-order valence-corrected chi connectivity index (χ3v) is 5.15. The molecule has 0 radical (unpaired) electrons. The molecule has 3 aromatic rings. The molecule has 1 aliphatic rings. The van der Waals surface area contributed by atoms with Crippen molar-refractivity contribution in [3.05, 3.63) is 88.2 Å². The molecular formula is C23H19Cl2F2N3O4. The Bertz CT molecular complexity index is 1210. The van der Waals surface area contributed by atoms with Crippen molar-refractivity contribution >= 4 is 41.7 Å². The molecular weight excluding hydrogens is 491 g/mol. The molecule has 7 nitrogen and oxygen atoms in total. The van der Waals surface area contributed by atoms with E-state index in [0.717, 1.165) is 12.1 Å². The summed E-state index contributed by atoms with van der Waals surface area (Å²) in [5.74, 6) is -2.35. The van der Waals surface area contributed by atoms with Crippen molar-refractivity contribution in [2.24, 2.45) is 0 Å². The predicted molar refractivity (Wildman–Crippen MR) is 123 cm³/mol. The van der Waals surface area contributed by atoms with Gasteiger partial charge in [0.25, 0.3) is 5.91 Å². The van der Waals surface area contributed by atoms with Crippen molar-refractivity contribution in [2.75, 3.05) is 11.9 Å². The second-order valence-corrected chi connectivity index (χ2v) is 7.62. The van der Waals surface area contributed by atoms with Gasteiger partial charge >= 0.3 is 6.09 Å². The van der Waals surface area contributed by atoms with Crippen molar-refractivity contribution < 1.29 is 27.8 Å². The van der Waals surface area contributed by atoms with Crippen molar-refractivity contribution in [1.82, 2.24) is 10.3 Å². The fourth-order valence-corrected chi connectivity index (χ4v) is 3.56. The number of benzene rings is 2. The Morgan fingerprint density at radius 1 is 1.15 bits per heavy atom. The normalized spacial score (nSPS) is 14.1. The van der Waals surface area contributed by atoms with Crippen LogP contribution in [-0.4, -0.2) is 23.6 Å². The molecule has 2 heterocycles. The quantitative estimate of drug-likeness (QED) is 0.478. The smallest absolute Gasteiger partial charge is 0.408 e. The first kappa shape index (κ1) is 25.2. The van der Waals surface area contributed by atoms with Gasteiger partial charge in [-0.15, -0.1) is 12.4 Å². The maximum Gasteiger partial charge on any atom is 0.408 e. The lowest BCUT2D eigenvalue weighted by molar-refractivity contribution is 0.102. The van der Waals surface area contributed by atoms with E-state index < -0.39 is 29.7 Å². The van der Waals surface area contributed by atoms with E-state index in [9.17, 15) is 18.4 Å². The van der Waals surface area contributed by atoms with Gasteiger partial charge in [0, 0.05) is 35.0 Å². The molecule has 0 saturated heterocycles. The summed E-state index contributed by atoms with van der Waals surface area (Å²) in [5, 5.41) is 5.77. The number of hydrogen-bond donors (Lipinski definition) is 2. The zero-order chi connectivity index (χ0) is 23.4. The minimum atomic E-state index is -1.07. The fraction of sp³-hybridized carbons (Fsp3) is 0.174. The first-order valence-electron chi connectivity index (χ1n) is 9.96. The monoisotopic (exact) mass is 509 g/mol. The Hall–Kier alpha value is -3.43. The number of aromatic nitrogens is 1. The third kappa shape index (κ3) is 5.92. The maximum absolute atomic E-state index is 13.5. The zero-order valence-corrected chi connectivity index (χ0v) is 19.1. The average molecular weight is 510 g/mol. The molecule has 1 atom stereocenters. The zero-order valence-electron chi connectivity index (χ0n) is 17.5. The van der Waals surface area contributed by atoms with Crippen LogP contribution in [0.25, 0.3) is 0 Å². The fourth-order valence-electron chi connectivity index (χ4n) is 3.38. The highest BCUT2D eigenvalue weighted by Crippen LogP contribution is 2.35. The lowest BCUT2D eigenvalue weighted by Crippen LogP contribution is -2.33.